The van der Waals surface area contributed by atoms with E-state index < -0.39 is 45.6 Å². The van der Waals surface area contributed by atoms with Crippen molar-refractivity contribution in [2.45, 2.75) is 30.3 Å². The normalized spacial score (nSPS) is 30.0. The third-order valence-electron chi connectivity index (χ3n) is 3.91. The molecule has 15 nitrogen and oxygen atoms in total. The average molecular weight is 473 g/mol. The molecule has 3 rings (SSSR count). The minimum atomic E-state index is -5.32. The summed E-state index contributed by atoms with van der Waals surface area (Å²) in [5.41, 5.74) is 6.11. The lowest BCUT2D eigenvalue weighted by atomic mass is 10.1. The Morgan fingerprint density at radius 1 is 1.34 bits per heavy atom. The number of phosphoric ester groups is 1. The van der Waals surface area contributed by atoms with E-state index in [1.807, 2.05) is 0 Å². The number of nitrogens with zero attached hydrogens (tertiary/aromatic N) is 4. The quantitative estimate of drug-likeness (QED) is 0.189. The van der Waals surface area contributed by atoms with Gasteiger partial charge < -0.3 is 35.4 Å². The summed E-state index contributed by atoms with van der Waals surface area (Å²) in [5.74, 6) is 0.351. The van der Waals surface area contributed by atoms with Gasteiger partial charge in [0.25, 0.3) is 0 Å². The van der Waals surface area contributed by atoms with Crippen LogP contribution < -0.4 is 5.73 Å². The lowest BCUT2D eigenvalue weighted by Gasteiger charge is -2.28. The molecule has 1 aliphatic heterocycles. The number of nitrogens with two attached hydrogens (primary N) is 1. The van der Waals surface area contributed by atoms with Crippen LogP contribution in [0.4, 0.5) is 5.82 Å². The number of phosphoric acid groups is 2. The van der Waals surface area contributed by atoms with Crippen molar-refractivity contribution in [2.24, 2.45) is 0 Å². The van der Waals surface area contributed by atoms with Crippen molar-refractivity contribution >= 4 is 45.3 Å². The van der Waals surface area contributed by atoms with Gasteiger partial charge in [0.05, 0.1) is 6.61 Å². The molecule has 1 unspecified atom stereocenters. The second-order valence-corrected chi connectivity index (χ2v) is 9.50. The fraction of sp³-hybridized carbons (Fsp3) is 0.545. The molecule has 0 aromatic carbocycles. The maximum atomic E-state index is 11.6. The van der Waals surface area contributed by atoms with Gasteiger partial charge in [0.1, 0.15) is 36.0 Å². The highest BCUT2D eigenvalue weighted by Crippen LogP contribution is 2.57. The maximum absolute atomic E-state index is 11.6. The average Bonchev–Trinajstić information content (AvgIpc) is 3.07. The van der Waals surface area contributed by atoms with Crippen LogP contribution in [0, 0.1) is 6.92 Å². The van der Waals surface area contributed by atoms with Crippen LogP contribution >= 0.6 is 28.3 Å². The van der Waals surface area contributed by atoms with Crippen LogP contribution in [-0.4, -0.2) is 69.3 Å². The van der Waals surface area contributed by atoms with Crippen LogP contribution in [0.5, 0.6) is 0 Å². The highest BCUT2D eigenvalue weighted by Gasteiger charge is 2.55. The van der Waals surface area contributed by atoms with Gasteiger partial charge in [0.15, 0.2) is 11.5 Å². The fourth-order valence-corrected chi connectivity index (χ4v) is 4.75. The molecule has 0 radical (unpaired) electrons. The van der Waals surface area contributed by atoms with E-state index in [9.17, 15) is 24.2 Å². The Balaban J connectivity index is 1.86. The summed E-state index contributed by atoms with van der Waals surface area (Å²) < 4.78 is 37.0. The van der Waals surface area contributed by atoms with Crippen LogP contribution in [0.25, 0.3) is 11.2 Å². The zero-order valence-electron chi connectivity index (χ0n) is 14.5. The molecule has 1 saturated heterocycles. The molecule has 1 aliphatic rings. The lowest BCUT2D eigenvalue weighted by Crippen LogP contribution is -2.41. The summed E-state index contributed by atoms with van der Waals surface area (Å²) in [4.78, 5) is 38.7. The summed E-state index contributed by atoms with van der Waals surface area (Å²) in [6.45, 7) is 0.687. The molecule has 0 spiro atoms. The van der Waals surface area contributed by atoms with Crippen molar-refractivity contribution < 1.29 is 47.6 Å². The number of aliphatic hydroxyl groups is 2. The number of imidazole rings is 1. The minimum absolute atomic E-state index is 0.0620. The zero-order valence-corrected chi connectivity index (χ0v) is 17.2. The number of hydrogen-bond donors (Lipinski definition) is 7. The van der Waals surface area contributed by atoms with Crippen LogP contribution in [0.3, 0.4) is 0 Å². The van der Waals surface area contributed by atoms with E-state index in [0.29, 0.717) is 0 Å². The lowest BCUT2D eigenvalue weighted by molar-refractivity contribution is -0.0752. The molecule has 0 aliphatic carbocycles. The van der Waals surface area contributed by atoms with E-state index in [0.717, 1.165) is 0 Å². The summed E-state index contributed by atoms with van der Waals surface area (Å²) in [6.07, 6.45) is -3.63. The number of aliphatic hydroxyl groups excluding tert-OH is 2. The van der Waals surface area contributed by atoms with Crippen LogP contribution in [0.15, 0.2) is 6.33 Å². The third kappa shape index (κ3) is 4.47. The van der Waals surface area contributed by atoms with E-state index in [1.54, 1.807) is 6.92 Å². The van der Waals surface area contributed by atoms with Crippen molar-refractivity contribution in [3.8, 4) is 0 Å². The van der Waals surface area contributed by atoms with Crippen molar-refractivity contribution in [1.29, 1.82) is 0 Å². The molecule has 0 saturated carbocycles. The van der Waals surface area contributed by atoms with Crippen molar-refractivity contribution in [2.75, 3.05) is 12.3 Å². The Kier molecular flexibility index (Phi) is 5.84. The van der Waals surface area contributed by atoms with Crippen LogP contribution in [0.1, 0.15) is 5.82 Å². The number of fused-ring (bicyclic) bond motifs is 1. The van der Waals surface area contributed by atoms with Crippen molar-refractivity contribution in [1.82, 2.24) is 19.5 Å². The van der Waals surface area contributed by atoms with Gasteiger partial charge in [-0.05, 0) is 6.92 Å². The molecule has 2 aromatic rings. The van der Waals surface area contributed by atoms with Crippen molar-refractivity contribution in [3.63, 3.8) is 0 Å². The zero-order chi connectivity index (χ0) is 21.8. The highest BCUT2D eigenvalue weighted by molar-refractivity contribution is 7.81. The molecule has 5 atom stereocenters. The Labute approximate surface area is 167 Å². The van der Waals surface area contributed by atoms with Gasteiger partial charge in [0, 0.05) is 0 Å². The number of ether oxygens (including phenoxy) is 1. The summed E-state index contributed by atoms with van der Waals surface area (Å²) >= 11 is 4.28. The van der Waals surface area contributed by atoms with E-state index >= 15 is 0 Å². The molecule has 162 valence electrons. The van der Waals surface area contributed by atoms with E-state index in [1.165, 1.54) is 10.9 Å². The number of hydrogen-bond acceptors (Lipinski definition) is 12. The molecular weight excluding hydrogens is 456 g/mol. The molecule has 2 aromatic heterocycles. The fourth-order valence-electron chi connectivity index (χ4n) is 2.71. The highest BCUT2D eigenvalue weighted by atomic mass is 32.1. The summed E-state index contributed by atoms with van der Waals surface area (Å²) in [7, 11) is -10.5. The van der Waals surface area contributed by atoms with Gasteiger partial charge in [-0.3, -0.25) is 9.09 Å². The van der Waals surface area contributed by atoms with Gasteiger partial charge >= 0.3 is 15.6 Å². The molecule has 7 N–H and O–H groups in total. The van der Waals surface area contributed by atoms with Crippen LogP contribution in [-0.2, 0) is 27.8 Å². The summed E-state index contributed by atoms with van der Waals surface area (Å²) in [5, 5.41) is 18.8. The standard InChI is InChI=1S/C11H17N5O10P2S/c1-4-14-9(12)6-10(15-4)16(3-13-6)11(29)8(18)7(17)5(25-11)2-24-28(22,23)26-27(19,20)21/h3,5,7-8,17-18,29H,2H2,1H3,(H,22,23)(H2,12,14,15)(H2,19,20,21)/t5-,7-,8-,11+/m1/s1. The topological polar surface area (TPSA) is 233 Å². The Morgan fingerprint density at radius 3 is 2.62 bits per heavy atom. The number of rotatable bonds is 6. The molecular formula is C11H17N5O10P2S. The Morgan fingerprint density at radius 2 is 2.00 bits per heavy atom. The van der Waals surface area contributed by atoms with Crippen molar-refractivity contribution in [3.05, 3.63) is 12.2 Å². The predicted molar refractivity (Wildman–Crippen MR) is 97.2 cm³/mol. The molecule has 29 heavy (non-hydrogen) atoms. The second-order valence-electron chi connectivity index (χ2n) is 6.03. The minimum Gasteiger partial charge on any atom is -0.387 e. The molecule has 0 amide bonds. The third-order valence-corrected chi connectivity index (χ3v) is 6.64. The van der Waals surface area contributed by atoms with Gasteiger partial charge in [-0.25, -0.2) is 24.1 Å². The van der Waals surface area contributed by atoms with E-state index in [4.69, 9.17) is 20.3 Å². The first kappa shape index (κ1) is 22.5. The van der Waals surface area contributed by atoms with Gasteiger partial charge in [-0.1, -0.05) is 0 Å². The van der Waals surface area contributed by atoms with Gasteiger partial charge in [-0.15, -0.1) is 12.6 Å². The van der Waals surface area contributed by atoms with Gasteiger partial charge in [-0.2, -0.15) is 4.31 Å². The SMILES string of the molecule is Cc1nc(N)c2ncn([C@]3(S)O[C@H](COP(=O)(O)OP(=O)(O)O)[C@@H](O)[C@H]3O)c2n1. The Bertz CT molecular complexity index is 1030. The maximum Gasteiger partial charge on any atom is 0.481 e. The summed E-state index contributed by atoms with van der Waals surface area (Å²) in [6, 6.07) is 0. The number of nitrogen functional groups attached to an aromatic ring is 1. The predicted octanol–water partition coefficient (Wildman–Crippen LogP) is -1.40. The first-order valence-electron chi connectivity index (χ1n) is 7.72. The molecule has 1 fully saturated rings. The number of aryl methyl sites for hydroxylation is 1. The monoisotopic (exact) mass is 473 g/mol. The first-order chi connectivity index (χ1) is 13.2. The first-order valence-corrected chi connectivity index (χ1v) is 11.2. The number of anilines is 1. The molecule has 0 bridgehead atoms. The largest absolute Gasteiger partial charge is 0.481 e. The number of thiol groups is 1. The molecule has 3 heterocycles. The number of aromatic nitrogens is 4. The van der Waals surface area contributed by atoms with Crippen LogP contribution in [0.2, 0.25) is 0 Å². The van der Waals surface area contributed by atoms with E-state index in [-0.39, 0.29) is 22.8 Å². The molecule has 18 heteroatoms. The second kappa shape index (κ2) is 7.51. The van der Waals surface area contributed by atoms with Gasteiger partial charge in [0.2, 0.25) is 5.06 Å². The van der Waals surface area contributed by atoms with E-state index in [2.05, 4.69) is 36.4 Å². The Hall–Kier alpha value is -1.16. The smallest absolute Gasteiger partial charge is 0.387 e.